The first-order chi connectivity index (χ1) is 32.7. The van der Waals surface area contributed by atoms with E-state index < -0.39 is 47.4 Å². The van der Waals surface area contributed by atoms with Crippen LogP contribution in [0.5, 0.6) is 0 Å². The highest BCUT2D eigenvalue weighted by Gasteiger charge is 2.53. The highest BCUT2D eigenvalue weighted by atomic mass is 33.2. The third-order valence-electron chi connectivity index (χ3n) is 11.5. The number of rotatable bonds is 46. The largest absolute Gasteiger partial charge is 0.481 e. The molecular weight excluding hydrogens is 997 g/mol. The summed E-state index contributed by atoms with van der Waals surface area (Å²) in [7, 11) is 10.3. The van der Waals surface area contributed by atoms with Crippen LogP contribution in [-0.2, 0) is 47.8 Å². The molecule has 22 heteroatoms. The molecule has 0 aromatic heterocycles. The third-order valence-corrected chi connectivity index (χ3v) is 25.4. The molecule has 6 N–H and O–H groups in total. The summed E-state index contributed by atoms with van der Waals surface area (Å²) in [5, 5.41) is 43.0. The van der Waals surface area contributed by atoms with Gasteiger partial charge in [-0.05, 0) is 60.1 Å². The minimum absolute atomic E-state index is 0. The van der Waals surface area contributed by atoms with Crippen molar-refractivity contribution in [2.75, 3.05) is 39.5 Å². The number of carboxylic acid groups (broad SMARTS) is 4. The molecule has 3 atom stereocenters. The van der Waals surface area contributed by atoms with Gasteiger partial charge in [-0.3, -0.25) is 38.4 Å². The molecule has 2 amide bonds. The number of carboxylic acids is 4. The molecule has 2 aliphatic heterocycles. The molecule has 0 saturated carbocycles. The number of Topliss-reactive ketones (excluding diaryl/α,β-unsaturated/α-hetero) is 2. The SMILES string of the molecule is O=C(O)CCCCCCCCCCCCCCCCCCC(=O)C[C@@H](CCC(=O)NCCOCCOCC(=O)C[C@@H](CCC(=O)NCCCC[C@@H](C(=O)O)C1SSC2(SS1)SS2)C(=O)O)C(=O)O.[HH]. The van der Waals surface area contributed by atoms with Crippen molar-refractivity contribution < 1.29 is 69.7 Å². The van der Waals surface area contributed by atoms with E-state index in [2.05, 4.69) is 10.6 Å². The third kappa shape index (κ3) is 32.2. The number of hydrogen-bond donors (Lipinski definition) is 6. The van der Waals surface area contributed by atoms with Crippen molar-refractivity contribution in [2.45, 2.75) is 181 Å². The molecule has 0 bridgehead atoms. The number of ketones is 2. The minimum atomic E-state index is -1.18. The summed E-state index contributed by atoms with van der Waals surface area (Å²) in [5.41, 5.74) is 0. The van der Waals surface area contributed by atoms with Gasteiger partial charge in [-0.25, -0.2) is 0 Å². The maximum atomic E-state index is 12.5. The molecule has 0 unspecified atom stereocenters. The summed E-state index contributed by atoms with van der Waals surface area (Å²) >= 11 is 0. The van der Waals surface area contributed by atoms with Crippen molar-refractivity contribution in [3.8, 4) is 0 Å². The normalized spacial score (nSPS) is 15.6. The monoisotopic (exact) mass is 1070 g/mol. The van der Waals surface area contributed by atoms with E-state index in [1.165, 1.54) is 57.8 Å². The predicted octanol–water partition coefficient (Wildman–Crippen LogP) is 10.5. The van der Waals surface area contributed by atoms with E-state index in [1.54, 1.807) is 64.8 Å². The molecule has 0 radical (unpaired) electrons. The Kier molecular flexibility index (Phi) is 35.6. The zero-order valence-corrected chi connectivity index (χ0v) is 44.4. The summed E-state index contributed by atoms with van der Waals surface area (Å²) in [5.74, 6) is -7.47. The van der Waals surface area contributed by atoms with Crippen LogP contribution in [0.2, 0.25) is 0 Å². The number of hydrogen-bond acceptors (Lipinski definition) is 16. The van der Waals surface area contributed by atoms with Gasteiger partial charge in [-0.1, -0.05) is 139 Å². The quantitative estimate of drug-likeness (QED) is 0.0188. The van der Waals surface area contributed by atoms with Crippen LogP contribution in [0, 0.1) is 17.8 Å². The Hall–Kier alpha value is -1.82. The fourth-order valence-corrected chi connectivity index (χ4v) is 21.3. The van der Waals surface area contributed by atoms with Crippen LogP contribution >= 0.6 is 64.8 Å². The number of carbonyl (C=O) groups is 8. The molecule has 0 aliphatic carbocycles. The Balaban J connectivity index is 0.0000238. The zero-order chi connectivity index (χ0) is 49.8. The summed E-state index contributed by atoms with van der Waals surface area (Å²) in [4.78, 5) is 95.5. The Labute approximate surface area is 427 Å². The number of amides is 2. The standard InChI is InChI=1S/C46H76N2O14S6.H2/c49-36(19-15-13-11-9-7-5-3-1-2-4-6-8-10-12-14-16-21-41(53)54)31-34(42(55)56)22-25-40(52)48-27-28-61-29-30-62-33-37(50)32-35(43(57)58)23-24-39(51)47-26-18-17-20-38(44(59)60)45-63-65-46(66-64-45)67-68-46;/h34-35,38,45H,1-33H2,(H,47,51)(H,48,52)(H,53,54)(H,55,56)(H,57,58)(H,59,60);1H/t34-,35-,38+;/m1./s1. The van der Waals surface area contributed by atoms with Gasteiger partial charge in [0, 0.05) is 53.0 Å². The summed E-state index contributed by atoms with van der Waals surface area (Å²) < 4.78 is 10.8. The fourth-order valence-electron chi connectivity index (χ4n) is 7.42. The van der Waals surface area contributed by atoms with Gasteiger partial charge in [0.1, 0.15) is 12.4 Å². The zero-order valence-electron chi connectivity index (χ0n) is 39.5. The molecule has 392 valence electrons. The lowest BCUT2D eigenvalue weighted by Gasteiger charge is -2.27. The molecule has 16 nitrogen and oxygen atoms in total. The van der Waals surface area contributed by atoms with E-state index in [0.29, 0.717) is 32.2 Å². The Morgan fingerprint density at radius 3 is 1.40 bits per heavy atom. The topological polar surface area (TPSA) is 260 Å². The molecule has 2 saturated heterocycles. The molecule has 1 spiro atoms. The lowest BCUT2D eigenvalue weighted by Crippen LogP contribution is -2.29. The van der Waals surface area contributed by atoms with Gasteiger partial charge in [0.2, 0.25) is 11.8 Å². The second kappa shape index (κ2) is 38.8. The summed E-state index contributed by atoms with van der Waals surface area (Å²) in [6, 6.07) is 0. The minimum Gasteiger partial charge on any atom is -0.481 e. The first-order valence-corrected chi connectivity index (χ1v) is 31.0. The van der Waals surface area contributed by atoms with Gasteiger partial charge in [0.05, 0.1) is 42.2 Å². The van der Waals surface area contributed by atoms with Gasteiger partial charge in [0.15, 0.2) is 8.53 Å². The van der Waals surface area contributed by atoms with Crippen LogP contribution in [0.4, 0.5) is 0 Å². The van der Waals surface area contributed by atoms with Gasteiger partial charge in [-0.15, -0.1) is 0 Å². The number of unbranched alkanes of at least 4 members (excludes halogenated alkanes) is 16. The van der Waals surface area contributed by atoms with Crippen molar-refractivity contribution in [3.05, 3.63) is 0 Å². The van der Waals surface area contributed by atoms with Gasteiger partial charge in [0.25, 0.3) is 0 Å². The first kappa shape index (κ1) is 62.3. The smallest absolute Gasteiger partial charge is 0.308 e. The first-order valence-electron chi connectivity index (χ1n) is 24.4. The summed E-state index contributed by atoms with van der Waals surface area (Å²) in [6.45, 7) is 0.518. The average Bonchev–Trinajstić information content (AvgIpc) is 4.06. The molecule has 2 fully saturated rings. The average molecular weight is 1080 g/mol. The molecule has 0 aromatic rings. The maximum Gasteiger partial charge on any atom is 0.308 e. The number of aliphatic carboxylic acids is 4. The fraction of sp³-hybridized carbons (Fsp3) is 0.826. The number of nitrogens with one attached hydrogen (secondary N) is 2. The highest BCUT2D eigenvalue weighted by Crippen LogP contribution is 2.84. The molecular formula is C46H78N2O14S6. The Bertz CT molecular complexity index is 1520. The van der Waals surface area contributed by atoms with Crippen molar-refractivity contribution in [2.24, 2.45) is 17.8 Å². The van der Waals surface area contributed by atoms with E-state index in [9.17, 15) is 53.7 Å². The van der Waals surface area contributed by atoms with E-state index >= 15 is 0 Å². The summed E-state index contributed by atoms with van der Waals surface area (Å²) in [6.07, 6.45) is 19.8. The Morgan fingerprint density at radius 2 is 0.926 bits per heavy atom. The molecule has 2 heterocycles. The van der Waals surface area contributed by atoms with Gasteiger partial charge >= 0.3 is 23.9 Å². The van der Waals surface area contributed by atoms with Crippen LogP contribution in [0.15, 0.2) is 0 Å². The number of ether oxygens (including phenoxy) is 2. The second-order valence-electron chi connectivity index (χ2n) is 17.4. The molecule has 68 heavy (non-hydrogen) atoms. The molecule has 2 aliphatic rings. The van der Waals surface area contributed by atoms with Crippen LogP contribution in [0.1, 0.15) is 175 Å². The lowest BCUT2D eigenvalue weighted by atomic mass is 9.94. The van der Waals surface area contributed by atoms with E-state index in [0.717, 1.165) is 44.9 Å². The van der Waals surface area contributed by atoms with E-state index in [4.69, 9.17) is 14.6 Å². The lowest BCUT2D eigenvalue weighted by molar-refractivity contribution is -0.145. The molecule has 0 aromatic carbocycles. The molecule has 2 rings (SSSR count). The van der Waals surface area contributed by atoms with Crippen LogP contribution in [-0.4, -0.2) is 115 Å². The van der Waals surface area contributed by atoms with Gasteiger partial charge < -0.3 is 40.5 Å². The maximum absolute atomic E-state index is 12.5. The highest BCUT2D eigenvalue weighted by molar-refractivity contribution is 9.14. The Morgan fingerprint density at radius 1 is 0.471 bits per heavy atom. The van der Waals surface area contributed by atoms with Crippen molar-refractivity contribution in [3.63, 3.8) is 0 Å². The van der Waals surface area contributed by atoms with Crippen molar-refractivity contribution >= 4 is 112 Å². The van der Waals surface area contributed by atoms with E-state index in [1.807, 2.05) is 0 Å². The van der Waals surface area contributed by atoms with Crippen LogP contribution in [0.3, 0.4) is 0 Å². The van der Waals surface area contributed by atoms with Crippen molar-refractivity contribution in [1.29, 1.82) is 0 Å². The van der Waals surface area contributed by atoms with Crippen LogP contribution < -0.4 is 10.6 Å². The van der Waals surface area contributed by atoms with E-state index in [-0.39, 0.29) is 104 Å². The van der Waals surface area contributed by atoms with Gasteiger partial charge in [-0.2, -0.15) is 0 Å². The number of carbonyl (C=O) groups excluding carboxylic acids is 4. The van der Waals surface area contributed by atoms with Crippen LogP contribution in [0.25, 0.3) is 0 Å². The predicted molar refractivity (Wildman–Crippen MR) is 278 cm³/mol. The second-order valence-corrected chi connectivity index (χ2v) is 26.9. The van der Waals surface area contributed by atoms with Crippen molar-refractivity contribution in [1.82, 2.24) is 10.6 Å².